The number of pyridine rings is 3. The molecule has 0 fully saturated rings. The highest BCUT2D eigenvalue weighted by Gasteiger charge is 2.11. The second-order valence-corrected chi connectivity index (χ2v) is 7.62. The molecule has 3 heterocycles. The van der Waals surface area contributed by atoms with Crippen LogP contribution in [0.2, 0.25) is 5.02 Å². The van der Waals surface area contributed by atoms with Crippen LogP contribution in [0, 0.1) is 13.8 Å². The lowest BCUT2D eigenvalue weighted by molar-refractivity contribution is 0.141. The fraction of sp³-hybridized carbons (Fsp3) is 0.333. The molecule has 5 nitrogen and oxygen atoms in total. The molecule has 0 N–H and O–H groups in total. The summed E-state index contributed by atoms with van der Waals surface area (Å²) in [6.45, 7) is 8.43. The molecule has 0 spiro atoms. The molecule has 0 amide bonds. The lowest BCUT2D eigenvalue weighted by Crippen LogP contribution is -2.02. The van der Waals surface area contributed by atoms with E-state index in [9.17, 15) is 0 Å². The Hall–Kier alpha value is -2.79. The van der Waals surface area contributed by atoms with Crippen molar-refractivity contribution in [3.63, 3.8) is 0 Å². The third kappa shape index (κ3) is 5.63. The Morgan fingerprint density at radius 3 is 2.60 bits per heavy atom. The third-order valence-electron chi connectivity index (χ3n) is 4.80. The topological polar surface area (TPSA) is 60.3 Å². The molecule has 0 radical (unpaired) electrons. The predicted molar refractivity (Wildman–Crippen MR) is 122 cm³/mol. The van der Waals surface area contributed by atoms with Crippen LogP contribution in [0.4, 0.5) is 0 Å². The first kappa shape index (κ1) is 21.9. The van der Waals surface area contributed by atoms with Crippen LogP contribution < -0.4 is 0 Å². The number of halogens is 1. The van der Waals surface area contributed by atoms with Gasteiger partial charge in [-0.2, -0.15) is 0 Å². The van der Waals surface area contributed by atoms with Crippen LogP contribution in [0.3, 0.4) is 0 Å². The number of aryl methyl sites for hydroxylation is 3. The minimum Gasteiger partial charge on any atom is -0.396 e. The molecule has 3 aromatic heterocycles. The predicted octanol–water partition coefficient (Wildman–Crippen LogP) is 5.74. The summed E-state index contributed by atoms with van der Waals surface area (Å²) >= 11 is 6.38. The van der Waals surface area contributed by atoms with E-state index in [4.69, 9.17) is 26.4 Å². The highest BCUT2D eigenvalue weighted by Crippen LogP contribution is 2.27. The van der Waals surface area contributed by atoms with E-state index < -0.39 is 0 Å². The zero-order chi connectivity index (χ0) is 21.5. The van der Waals surface area contributed by atoms with Gasteiger partial charge in [0.1, 0.15) is 12.3 Å². The van der Waals surface area contributed by atoms with Crippen LogP contribution in [0.25, 0.3) is 11.4 Å². The minimum atomic E-state index is 0.517. The third-order valence-corrected chi connectivity index (χ3v) is 5.20. The Morgan fingerprint density at radius 2 is 1.83 bits per heavy atom. The second kappa shape index (κ2) is 10.3. The van der Waals surface area contributed by atoms with E-state index in [1.165, 1.54) is 0 Å². The maximum absolute atomic E-state index is 6.38. The van der Waals surface area contributed by atoms with Gasteiger partial charge < -0.3 is 4.84 Å². The molecular weight excluding hydrogens is 396 g/mol. The van der Waals surface area contributed by atoms with Crippen LogP contribution in [0.5, 0.6) is 0 Å². The average molecular weight is 423 g/mol. The van der Waals surface area contributed by atoms with Crippen molar-refractivity contribution in [1.29, 1.82) is 0 Å². The van der Waals surface area contributed by atoms with Gasteiger partial charge >= 0.3 is 0 Å². The summed E-state index contributed by atoms with van der Waals surface area (Å²) < 4.78 is 0. The number of aromatic nitrogens is 3. The normalized spacial score (nSPS) is 11.6. The monoisotopic (exact) mass is 422 g/mol. The number of oxime groups is 1. The number of rotatable bonds is 8. The standard InChI is InChI=1S/C24H27ClN4O/c1-5-19-15-21(25)17(3)24(28-19)23-13-7-10-20(27-23)11-8-14-30-29-18(4)22-12-6-9-16(2)26-22/h6-7,9-10,12-13,15H,5,8,11,14H2,1-4H3. The zero-order valence-corrected chi connectivity index (χ0v) is 18.7. The second-order valence-electron chi connectivity index (χ2n) is 7.21. The number of hydrogen-bond donors (Lipinski definition) is 0. The zero-order valence-electron chi connectivity index (χ0n) is 17.9. The molecule has 0 saturated carbocycles. The smallest absolute Gasteiger partial charge is 0.117 e. The van der Waals surface area contributed by atoms with E-state index in [1.807, 2.05) is 63.2 Å². The molecule has 0 saturated heterocycles. The summed E-state index contributed by atoms with van der Waals surface area (Å²) in [6.07, 6.45) is 2.45. The van der Waals surface area contributed by atoms with Crippen molar-refractivity contribution in [2.75, 3.05) is 6.61 Å². The quantitative estimate of drug-likeness (QED) is 0.263. The summed E-state index contributed by atoms with van der Waals surface area (Å²) in [5.74, 6) is 0. The summed E-state index contributed by atoms with van der Waals surface area (Å²) in [5.41, 5.74) is 7.19. The number of hydrogen-bond acceptors (Lipinski definition) is 5. The Balaban J connectivity index is 1.60. The van der Waals surface area contributed by atoms with Crippen LogP contribution >= 0.6 is 11.6 Å². The first-order valence-electron chi connectivity index (χ1n) is 10.2. The van der Waals surface area contributed by atoms with Gasteiger partial charge in [0.15, 0.2) is 0 Å². The summed E-state index contributed by atoms with van der Waals surface area (Å²) in [7, 11) is 0. The van der Waals surface area contributed by atoms with Crippen LogP contribution in [0.1, 0.15) is 48.6 Å². The maximum atomic E-state index is 6.38. The van der Waals surface area contributed by atoms with Crippen molar-refractivity contribution in [3.8, 4) is 11.4 Å². The van der Waals surface area contributed by atoms with E-state index >= 15 is 0 Å². The Labute approximate surface area is 183 Å². The minimum absolute atomic E-state index is 0.517. The van der Waals surface area contributed by atoms with Gasteiger partial charge in [0, 0.05) is 22.1 Å². The lowest BCUT2D eigenvalue weighted by Gasteiger charge is -2.10. The highest BCUT2D eigenvalue weighted by atomic mass is 35.5. The van der Waals surface area contributed by atoms with Crippen molar-refractivity contribution >= 4 is 17.3 Å². The molecule has 6 heteroatoms. The van der Waals surface area contributed by atoms with Crippen molar-refractivity contribution in [3.05, 3.63) is 75.8 Å². The average Bonchev–Trinajstić information content (AvgIpc) is 2.75. The first-order chi connectivity index (χ1) is 14.5. The van der Waals surface area contributed by atoms with Crippen LogP contribution in [-0.2, 0) is 17.7 Å². The molecule has 0 aromatic carbocycles. The van der Waals surface area contributed by atoms with Crippen molar-refractivity contribution < 1.29 is 4.84 Å². The van der Waals surface area contributed by atoms with E-state index in [2.05, 4.69) is 17.1 Å². The largest absolute Gasteiger partial charge is 0.396 e. The highest BCUT2D eigenvalue weighted by molar-refractivity contribution is 6.31. The molecule has 0 aliphatic rings. The van der Waals surface area contributed by atoms with Crippen molar-refractivity contribution in [1.82, 2.24) is 15.0 Å². The van der Waals surface area contributed by atoms with Crippen LogP contribution in [-0.4, -0.2) is 27.3 Å². The van der Waals surface area contributed by atoms with Gasteiger partial charge in [0.05, 0.1) is 17.1 Å². The molecule has 3 rings (SSSR count). The Bertz CT molecular complexity index is 1050. The lowest BCUT2D eigenvalue weighted by atomic mass is 10.1. The van der Waals surface area contributed by atoms with Gasteiger partial charge in [-0.15, -0.1) is 0 Å². The first-order valence-corrected chi connectivity index (χ1v) is 10.6. The molecule has 0 unspecified atom stereocenters. The SMILES string of the molecule is CCc1cc(Cl)c(C)c(-c2cccc(CCCON=C(C)c3cccc(C)n3)n2)n1. The van der Waals surface area contributed by atoms with E-state index in [0.29, 0.717) is 6.61 Å². The van der Waals surface area contributed by atoms with Gasteiger partial charge in [-0.25, -0.2) is 0 Å². The van der Waals surface area contributed by atoms with Gasteiger partial charge in [0.2, 0.25) is 0 Å². The fourth-order valence-electron chi connectivity index (χ4n) is 3.06. The number of nitrogens with zero attached hydrogens (tertiary/aromatic N) is 4. The Morgan fingerprint density at radius 1 is 1.03 bits per heavy atom. The summed E-state index contributed by atoms with van der Waals surface area (Å²) in [5, 5.41) is 4.91. The summed E-state index contributed by atoms with van der Waals surface area (Å²) in [6, 6.07) is 13.8. The molecule has 3 aromatic rings. The molecular formula is C24H27ClN4O. The van der Waals surface area contributed by atoms with Crippen molar-refractivity contribution in [2.24, 2.45) is 5.16 Å². The molecule has 30 heavy (non-hydrogen) atoms. The molecule has 0 bridgehead atoms. The van der Waals surface area contributed by atoms with Gasteiger partial charge in [-0.05, 0) is 75.9 Å². The molecule has 0 aliphatic carbocycles. The maximum Gasteiger partial charge on any atom is 0.117 e. The van der Waals surface area contributed by atoms with Crippen LogP contribution in [0.15, 0.2) is 47.6 Å². The fourth-order valence-corrected chi connectivity index (χ4v) is 3.28. The molecule has 0 aliphatic heterocycles. The summed E-state index contributed by atoms with van der Waals surface area (Å²) in [4.78, 5) is 19.4. The van der Waals surface area contributed by atoms with Gasteiger partial charge in [-0.1, -0.05) is 35.8 Å². The molecule has 156 valence electrons. The van der Waals surface area contributed by atoms with E-state index in [0.717, 1.165) is 69.7 Å². The van der Waals surface area contributed by atoms with Gasteiger partial charge in [0.25, 0.3) is 0 Å². The molecule has 0 atom stereocenters. The Kier molecular flexibility index (Phi) is 7.52. The van der Waals surface area contributed by atoms with E-state index in [-0.39, 0.29) is 0 Å². The van der Waals surface area contributed by atoms with Crippen molar-refractivity contribution in [2.45, 2.75) is 47.0 Å². The van der Waals surface area contributed by atoms with Gasteiger partial charge in [-0.3, -0.25) is 15.0 Å². The van der Waals surface area contributed by atoms with E-state index in [1.54, 1.807) is 0 Å².